The first-order valence-electron chi connectivity index (χ1n) is 8.31. The minimum atomic E-state index is -0.111. The molecule has 1 aliphatic rings. The zero-order valence-electron chi connectivity index (χ0n) is 14.1. The zero-order chi connectivity index (χ0) is 17.1. The smallest absolute Gasteiger partial charge is 0.255 e. The lowest BCUT2D eigenvalue weighted by Crippen LogP contribution is -2.33. The summed E-state index contributed by atoms with van der Waals surface area (Å²) in [6, 6.07) is 9.45. The Balaban J connectivity index is 1.73. The second-order valence-electron chi connectivity index (χ2n) is 6.49. The van der Waals surface area contributed by atoms with Crippen LogP contribution in [0.4, 0.5) is 11.5 Å². The molecule has 1 aromatic heterocycles. The molecule has 3 rings (SSSR count). The Labute approximate surface area is 151 Å². The van der Waals surface area contributed by atoms with Crippen LogP contribution in [0, 0.1) is 12.8 Å². The molecule has 1 saturated heterocycles. The van der Waals surface area contributed by atoms with Gasteiger partial charge in [0, 0.05) is 35.0 Å². The van der Waals surface area contributed by atoms with E-state index in [9.17, 15) is 4.79 Å². The van der Waals surface area contributed by atoms with E-state index in [1.165, 1.54) is 12.8 Å². The third-order valence-corrected chi connectivity index (χ3v) is 5.40. The molecule has 1 aromatic carbocycles. The predicted molar refractivity (Wildman–Crippen MR) is 102 cm³/mol. The second kappa shape index (κ2) is 7.34. The minimum Gasteiger partial charge on any atom is -0.357 e. The Morgan fingerprint density at radius 1 is 1.25 bits per heavy atom. The van der Waals surface area contributed by atoms with Crippen molar-refractivity contribution >= 4 is 33.3 Å². The topological polar surface area (TPSA) is 45.2 Å². The summed E-state index contributed by atoms with van der Waals surface area (Å²) in [4.78, 5) is 19.2. The van der Waals surface area contributed by atoms with Crippen molar-refractivity contribution in [2.24, 2.45) is 5.92 Å². The number of benzene rings is 1. The molecule has 0 atom stereocenters. The molecule has 1 aliphatic heterocycles. The molecule has 2 heterocycles. The quantitative estimate of drug-likeness (QED) is 0.833. The number of hydrogen-bond acceptors (Lipinski definition) is 3. The van der Waals surface area contributed by atoms with E-state index in [1.807, 2.05) is 31.2 Å². The summed E-state index contributed by atoms with van der Waals surface area (Å²) >= 11 is 3.49. The van der Waals surface area contributed by atoms with Crippen LogP contribution < -0.4 is 10.2 Å². The second-order valence-corrected chi connectivity index (χ2v) is 7.34. The number of carbonyl (C=O) groups excluding carboxylic acids is 1. The molecular weight excluding hydrogens is 366 g/mol. The van der Waals surface area contributed by atoms with Gasteiger partial charge in [0.2, 0.25) is 0 Å². The lowest BCUT2D eigenvalue weighted by molar-refractivity contribution is 0.102. The van der Waals surface area contributed by atoms with Crippen LogP contribution in [0.15, 0.2) is 41.0 Å². The average molecular weight is 388 g/mol. The lowest BCUT2D eigenvalue weighted by Gasteiger charge is -2.31. The van der Waals surface area contributed by atoms with Crippen molar-refractivity contribution in [3.05, 3.63) is 52.1 Å². The van der Waals surface area contributed by atoms with Crippen molar-refractivity contribution in [3.63, 3.8) is 0 Å². The van der Waals surface area contributed by atoms with E-state index in [0.29, 0.717) is 5.56 Å². The van der Waals surface area contributed by atoms with Crippen molar-refractivity contribution in [1.29, 1.82) is 0 Å². The number of nitrogens with one attached hydrogen (secondary N) is 1. The van der Waals surface area contributed by atoms with Crippen LogP contribution >= 0.6 is 15.9 Å². The molecule has 24 heavy (non-hydrogen) atoms. The van der Waals surface area contributed by atoms with Crippen LogP contribution in [0.2, 0.25) is 0 Å². The van der Waals surface area contributed by atoms with Crippen molar-refractivity contribution in [2.45, 2.75) is 26.7 Å². The maximum Gasteiger partial charge on any atom is 0.255 e. The Hall–Kier alpha value is -1.88. The van der Waals surface area contributed by atoms with Gasteiger partial charge in [-0.25, -0.2) is 4.98 Å². The number of amides is 1. The molecule has 1 fully saturated rings. The standard InChI is InChI=1S/C19H22BrN3O/c1-13-6-9-23(10-7-13)18-11-15(5-8-21-18)19(24)22-16-4-3-14(2)17(20)12-16/h3-5,8,11-13H,6-7,9-10H2,1-2H3,(H,22,24). The van der Waals surface area contributed by atoms with Gasteiger partial charge in [-0.15, -0.1) is 0 Å². The number of rotatable bonds is 3. The van der Waals surface area contributed by atoms with Crippen LogP contribution in [0.5, 0.6) is 0 Å². The molecule has 1 amide bonds. The number of aryl methyl sites for hydroxylation is 1. The van der Waals surface area contributed by atoms with Crippen molar-refractivity contribution in [2.75, 3.05) is 23.3 Å². The molecule has 126 valence electrons. The Morgan fingerprint density at radius 2 is 2.00 bits per heavy atom. The summed E-state index contributed by atoms with van der Waals surface area (Å²) in [5.41, 5.74) is 2.55. The van der Waals surface area contributed by atoms with Gasteiger partial charge in [-0.3, -0.25) is 4.79 Å². The average Bonchev–Trinajstić information content (AvgIpc) is 2.59. The molecule has 0 unspecified atom stereocenters. The van der Waals surface area contributed by atoms with E-state index in [4.69, 9.17) is 0 Å². The normalized spacial score (nSPS) is 15.4. The molecule has 0 aliphatic carbocycles. The number of halogens is 1. The highest BCUT2D eigenvalue weighted by Gasteiger charge is 2.18. The van der Waals surface area contributed by atoms with Gasteiger partial charge in [-0.1, -0.05) is 28.9 Å². The van der Waals surface area contributed by atoms with Crippen LogP contribution in [0.25, 0.3) is 0 Å². The number of piperidine rings is 1. The number of carbonyl (C=O) groups is 1. The first-order valence-corrected chi connectivity index (χ1v) is 9.11. The molecule has 0 bridgehead atoms. The molecular formula is C19H22BrN3O. The molecule has 0 saturated carbocycles. The van der Waals surface area contributed by atoms with E-state index >= 15 is 0 Å². The summed E-state index contributed by atoms with van der Waals surface area (Å²) in [5, 5.41) is 2.95. The molecule has 4 nitrogen and oxygen atoms in total. The van der Waals surface area contributed by atoms with Gasteiger partial charge in [-0.2, -0.15) is 0 Å². The highest BCUT2D eigenvalue weighted by Crippen LogP contribution is 2.23. The number of pyridine rings is 1. The van der Waals surface area contributed by atoms with Gasteiger partial charge >= 0.3 is 0 Å². The van der Waals surface area contributed by atoms with Crippen molar-refractivity contribution < 1.29 is 4.79 Å². The fourth-order valence-electron chi connectivity index (χ4n) is 2.84. The fraction of sp³-hybridized carbons (Fsp3) is 0.368. The Morgan fingerprint density at radius 3 is 2.71 bits per heavy atom. The Kier molecular flexibility index (Phi) is 5.19. The highest BCUT2D eigenvalue weighted by atomic mass is 79.9. The SMILES string of the molecule is Cc1ccc(NC(=O)c2ccnc(N3CCC(C)CC3)c2)cc1Br. The maximum atomic E-state index is 12.5. The predicted octanol–water partition coefficient (Wildman–Crippen LogP) is 4.64. The van der Waals surface area contributed by atoms with E-state index in [1.54, 1.807) is 12.3 Å². The van der Waals surface area contributed by atoms with E-state index < -0.39 is 0 Å². The van der Waals surface area contributed by atoms with Gasteiger partial charge in [0.15, 0.2) is 0 Å². The van der Waals surface area contributed by atoms with Crippen LogP contribution in [-0.2, 0) is 0 Å². The van der Waals surface area contributed by atoms with Crippen LogP contribution in [0.3, 0.4) is 0 Å². The number of nitrogens with zero attached hydrogens (tertiary/aromatic N) is 2. The molecule has 0 radical (unpaired) electrons. The monoisotopic (exact) mass is 387 g/mol. The first kappa shape index (κ1) is 17.0. The van der Waals surface area contributed by atoms with Crippen LogP contribution in [0.1, 0.15) is 35.7 Å². The third kappa shape index (κ3) is 3.96. The molecule has 2 aromatic rings. The van der Waals surface area contributed by atoms with Crippen molar-refractivity contribution in [3.8, 4) is 0 Å². The van der Waals surface area contributed by atoms with Gasteiger partial charge < -0.3 is 10.2 Å². The summed E-state index contributed by atoms with van der Waals surface area (Å²) in [6.45, 7) is 6.31. The highest BCUT2D eigenvalue weighted by molar-refractivity contribution is 9.10. The summed E-state index contributed by atoms with van der Waals surface area (Å²) < 4.78 is 0.984. The largest absolute Gasteiger partial charge is 0.357 e. The summed E-state index contributed by atoms with van der Waals surface area (Å²) in [5.74, 6) is 1.55. The summed E-state index contributed by atoms with van der Waals surface area (Å²) in [7, 11) is 0. The maximum absolute atomic E-state index is 12.5. The summed E-state index contributed by atoms with van der Waals surface area (Å²) in [6.07, 6.45) is 4.07. The van der Waals surface area contributed by atoms with Crippen LogP contribution in [-0.4, -0.2) is 24.0 Å². The van der Waals surface area contributed by atoms with Gasteiger partial charge in [0.25, 0.3) is 5.91 Å². The number of hydrogen-bond donors (Lipinski definition) is 1. The first-order chi connectivity index (χ1) is 11.5. The van der Waals surface area contributed by atoms with Crippen molar-refractivity contribution in [1.82, 2.24) is 4.98 Å². The van der Waals surface area contributed by atoms with E-state index in [2.05, 4.69) is 38.1 Å². The number of aromatic nitrogens is 1. The van der Waals surface area contributed by atoms with Gasteiger partial charge in [0.1, 0.15) is 5.82 Å². The van der Waals surface area contributed by atoms with Gasteiger partial charge in [-0.05, 0) is 55.5 Å². The molecule has 0 spiro atoms. The fourth-order valence-corrected chi connectivity index (χ4v) is 3.22. The third-order valence-electron chi connectivity index (χ3n) is 4.55. The molecule has 5 heteroatoms. The number of anilines is 2. The molecule has 1 N–H and O–H groups in total. The van der Waals surface area contributed by atoms with Gasteiger partial charge in [0.05, 0.1) is 0 Å². The van der Waals surface area contributed by atoms with E-state index in [0.717, 1.165) is 40.5 Å². The minimum absolute atomic E-state index is 0.111. The lowest BCUT2D eigenvalue weighted by atomic mass is 9.99. The van der Waals surface area contributed by atoms with E-state index in [-0.39, 0.29) is 5.91 Å². The zero-order valence-corrected chi connectivity index (χ0v) is 15.6. The Bertz CT molecular complexity index is 739.